The molecule has 7 heteroatoms. The highest BCUT2D eigenvalue weighted by molar-refractivity contribution is 7.80. The van der Waals surface area contributed by atoms with Crippen LogP contribution in [0.25, 0.3) is 0 Å². The lowest BCUT2D eigenvalue weighted by Gasteiger charge is -2.36. The standard InChI is InChI=1S/C18H26N4O2S/c1-14-4-3-5-15(2)17(14)19-16(23)12-20-6-8-21(9-7-20)13-22-10-11-24-18(22)25/h3-5H,6-13H2,1-2H3,(H,19,23). The number of hydrogen-bond acceptors (Lipinski definition) is 5. The van der Waals surface area contributed by atoms with Gasteiger partial charge in [0, 0.05) is 31.9 Å². The highest BCUT2D eigenvalue weighted by atomic mass is 32.1. The molecule has 136 valence electrons. The van der Waals surface area contributed by atoms with Crippen molar-refractivity contribution in [3.63, 3.8) is 0 Å². The summed E-state index contributed by atoms with van der Waals surface area (Å²) in [6.45, 7) is 10.5. The minimum atomic E-state index is 0.0555. The summed E-state index contributed by atoms with van der Waals surface area (Å²) in [7, 11) is 0. The van der Waals surface area contributed by atoms with Crippen LogP contribution in [0.5, 0.6) is 0 Å². The number of benzene rings is 1. The zero-order valence-corrected chi connectivity index (χ0v) is 15.8. The first kappa shape index (κ1) is 18.1. The quantitative estimate of drug-likeness (QED) is 0.800. The maximum absolute atomic E-state index is 12.4. The molecule has 2 fully saturated rings. The number of amides is 1. The fourth-order valence-electron chi connectivity index (χ4n) is 3.28. The van der Waals surface area contributed by atoms with Crippen molar-refractivity contribution in [2.45, 2.75) is 13.8 Å². The normalized spacial score (nSPS) is 19.1. The third kappa shape index (κ3) is 4.68. The predicted octanol–water partition coefficient (Wildman–Crippen LogP) is 1.43. The van der Waals surface area contributed by atoms with Crippen molar-refractivity contribution >= 4 is 29.0 Å². The number of nitrogens with zero attached hydrogens (tertiary/aromatic N) is 3. The van der Waals surface area contributed by atoms with Gasteiger partial charge in [-0.2, -0.15) is 0 Å². The monoisotopic (exact) mass is 362 g/mol. The van der Waals surface area contributed by atoms with Gasteiger partial charge in [-0.15, -0.1) is 0 Å². The molecule has 0 radical (unpaired) electrons. The van der Waals surface area contributed by atoms with Crippen molar-refractivity contribution in [1.29, 1.82) is 0 Å². The Kier molecular flexibility index (Phi) is 5.88. The highest BCUT2D eigenvalue weighted by Crippen LogP contribution is 2.19. The van der Waals surface area contributed by atoms with Crippen LogP contribution in [0, 0.1) is 13.8 Å². The number of carbonyl (C=O) groups excluding carboxylic acids is 1. The Morgan fingerprint density at radius 3 is 2.36 bits per heavy atom. The van der Waals surface area contributed by atoms with Gasteiger partial charge in [-0.3, -0.25) is 14.6 Å². The predicted molar refractivity (Wildman–Crippen MR) is 103 cm³/mol. The Hall–Kier alpha value is -1.70. The van der Waals surface area contributed by atoms with E-state index in [1.165, 1.54) is 0 Å². The molecule has 0 saturated carbocycles. The van der Waals surface area contributed by atoms with Crippen LogP contribution in [0.2, 0.25) is 0 Å². The molecule has 0 atom stereocenters. The first-order chi connectivity index (χ1) is 12.0. The molecule has 0 spiro atoms. The molecule has 1 aromatic carbocycles. The van der Waals surface area contributed by atoms with Gasteiger partial charge in [0.25, 0.3) is 5.17 Å². The first-order valence-corrected chi connectivity index (χ1v) is 9.16. The third-order valence-electron chi connectivity index (χ3n) is 4.79. The summed E-state index contributed by atoms with van der Waals surface area (Å²) < 4.78 is 5.32. The number of anilines is 1. The van der Waals surface area contributed by atoms with E-state index in [4.69, 9.17) is 17.0 Å². The van der Waals surface area contributed by atoms with Crippen LogP contribution >= 0.6 is 12.2 Å². The number of thiocarbonyl (C=S) groups is 1. The second-order valence-corrected chi connectivity index (χ2v) is 7.08. The number of ether oxygens (including phenoxy) is 1. The Morgan fingerprint density at radius 1 is 1.12 bits per heavy atom. The average molecular weight is 362 g/mol. The second kappa shape index (κ2) is 8.12. The fourth-order valence-corrected chi connectivity index (χ4v) is 3.51. The molecule has 0 bridgehead atoms. The number of nitrogens with one attached hydrogen (secondary N) is 1. The zero-order valence-electron chi connectivity index (χ0n) is 15.0. The molecule has 2 aliphatic heterocycles. The molecule has 1 amide bonds. The van der Waals surface area contributed by atoms with Crippen molar-refractivity contribution in [3.05, 3.63) is 29.3 Å². The SMILES string of the molecule is Cc1cccc(C)c1NC(=O)CN1CCN(CN2CCOC2=S)CC1. The number of carbonyl (C=O) groups is 1. The summed E-state index contributed by atoms with van der Waals surface area (Å²) in [5.74, 6) is 0.0555. The summed E-state index contributed by atoms with van der Waals surface area (Å²) in [6.07, 6.45) is 0. The van der Waals surface area contributed by atoms with E-state index in [0.717, 1.165) is 56.2 Å². The zero-order chi connectivity index (χ0) is 17.8. The van der Waals surface area contributed by atoms with Crippen LogP contribution in [0.1, 0.15) is 11.1 Å². The van der Waals surface area contributed by atoms with Gasteiger partial charge in [-0.1, -0.05) is 18.2 Å². The molecule has 25 heavy (non-hydrogen) atoms. The molecular weight excluding hydrogens is 336 g/mol. The number of para-hydroxylation sites is 1. The average Bonchev–Trinajstić information content (AvgIpc) is 2.98. The van der Waals surface area contributed by atoms with Crippen molar-refractivity contribution in [2.75, 3.05) is 57.9 Å². The largest absolute Gasteiger partial charge is 0.469 e. The van der Waals surface area contributed by atoms with Gasteiger partial charge in [0.15, 0.2) is 0 Å². The van der Waals surface area contributed by atoms with Crippen LogP contribution in [-0.2, 0) is 9.53 Å². The molecule has 2 saturated heterocycles. The number of piperazine rings is 1. The summed E-state index contributed by atoms with van der Waals surface area (Å²) in [5.41, 5.74) is 3.14. The van der Waals surface area contributed by atoms with Gasteiger partial charge in [-0.05, 0) is 37.2 Å². The smallest absolute Gasteiger partial charge is 0.260 e. The molecule has 0 aromatic heterocycles. The Morgan fingerprint density at radius 2 is 1.76 bits per heavy atom. The van der Waals surface area contributed by atoms with Gasteiger partial charge in [0.1, 0.15) is 6.61 Å². The molecule has 1 aromatic rings. The van der Waals surface area contributed by atoms with Crippen molar-refractivity contribution in [1.82, 2.24) is 14.7 Å². The van der Waals surface area contributed by atoms with Crippen LogP contribution in [0.4, 0.5) is 5.69 Å². The van der Waals surface area contributed by atoms with E-state index < -0.39 is 0 Å². The molecule has 2 aliphatic rings. The maximum Gasteiger partial charge on any atom is 0.260 e. The fraction of sp³-hybridized carbons (Fsp3) is 0.556. The van der Waals surface area contributed by atoms with Crippen molar-refractivity contribution in [3.8, 4) is 0 Å². The van der Waals surface area contributed by atoms with Crippen LogP contribution in [0.15, 0.2) is 18.2 Å². The molecule has 2 heterocycles. The lowest BCUT2D eigenvalue weighted by atomic mass is 10.1. The third-order valence-corrected chi connectivity index (χ3v) is 5.17. The summed E-state index contributed by atoms with van der Waals surface area (Å²) in [4.78, 5) is 19.0. The molecule has 6 nitrogen and oxygen atoms in total. The molecule has 1 N–H and O–H groups in total. The van der Waals surface area contributed by atoms with Gasteiger partial charge in [0.2, 0.25) is 5.91 Å². The molecular formula is C18H26N4O2S. The second-order valence-electron chi connectivity index (χ2n) is 6.73. The van der Waals surface area contributed by atoms with E-state index in [0.29, 0.717) is 18.3 Å². The van der Waals surface area contributed by atoms with Crippen LogP contribution < -0.4 is 5.32 Å². The maximum atomic E-state index is 12.4. The van der Waals surface area contributed by atoms with Gasteiger partial charge in [-0.25, -0.2) is 0 Å². The van der Waals surface area contributed by atoms with Crippen LogP contribution in [-0.4, -0.2) is 78.3 Å². The van der Waals surface area contributed by atoms with E-state index >= 15 is 0 Å². The summed E-state index contributed by atoms with van der Waals surface area (Å²) in [6, 6.07) is 6.05. The minimum absolute atomic E-state index is 0.0555. The van der Waals surface area contributed by atoms with E-state index in [9.17, 15) is 4.79 Å². The highest BCUT2D eigenvalue weighted by Gasteiger charge is 2.24. The first-order valence-electron chi connectivity index (χ1n) is 8.75. The topological polar surface area (TPSA) is 48.1 Å². The Balaban J connectivity index is 1.44. The van der Waals surface area contributed by atoms with Crippen LogP contribution in [0.3, 0.4) is 0 Å². The lowest BCUT2D eigenvalue weighted by molar-refractivity contribution is -0.117. The molecule has 0 aliphatic carbocycles. The summed E-state index contributed by atoms with van der Waals surface area (Å²) in [5, 5.41) is 3.67. The minimum Gasteiger partial charge on any atom is -0.469 e. The van der Waals surface area contributed by atoms with Crippen molar-refractivity contribution < 1.29 is 9.53 Å². The molecule has 0 unspecified atom stereocenters. The molecule has 3 rings (SSSR count). The Bertz CT molecular complexity index is 624. The van der Waals surface area contributed by atoms with E-state index in [-0.39, 0.29) is 5.91 Å². The van der Waals surface area contributed by atoms with E-state index in [1.807, 2.05) is 32.0 Å². The van der Waals surface area contributed by atoms with Crippen molar-refractivity contribution in [2.24, 2.45) is 0 Å². The summed E-state index contributed by atoms with van der Waals surface area (Å²) >= 11 is 5.19. The van der Waals surface area contributed by atoms with E-state index in [2.05, 4.69) is 20.0 Å². The van der Waals surface area contributed by atoms with Gasteiger partial charge >= 0.3 is 0 Å². The number of rotatable bonds is 5. The van der Waals surface area contributed by atoms with Gasteiger partial charge < -0.3 is 15.0 Å². The number of aryl methyl sites for hydroxylation is 2. The lowest BCUT2D eigenvalue weighted by Crippen LogP contribution is -2.51. The Labute approximate surface area is 154 Å². The van der Waals surface area contributed by atoms with E-state index in [1.54, 1.807) is 0 Å². The van der Waals surface area contributed by atoms with Gasteiger partial charge in [0.05, 0.1) is 19.8 Å². The number of hydrogen-bond donors (Lipinski definition) is 1.